The van der Waals surface area contributed by atoms with Crippen molar-refractivity contribution >= 4 is 17.7 Å². The second-order valence-electron chi connectivity index (χ2n) is 6.73. The summed E-state index contributed by atoms with van der Waals surface area (Å²) in [6.45, 7) is 0. The van der Waals surface area contributed by atoms with E-state index < -0.39 is 5.79 Å². The summed E-state index contributed by atoms with van der Waals surface area (Å²) in [6, 6.07) is 20.1. The molecule has 1 aliphatic carbocycles. The monoisotopic (exact) mass is 345 g/mol. The van der Waals surface area contributed by atoms with Gasteiger partial charge in [-0.3, -0.25) is 4.99 Å². The van der Waals surface area contributed by atoms with Gasteiger partial charge in [0.25, 0.3) is 5.79 Å². The maximum atomic E-state index is 6.35. The molecule has 0 N–H and O–H groups in total. The summed E-state index contributed by atoms with van der Waals surface area (Å²) in [5.74, 6) is 1.14. The average molecular weight is 345 g/mol. The van der Waals surface area contributed by atoms with Crippen molar-refractivity contribution in [1.82, 2.24) is 0 Å². The van der Waals surface area contributed by atoms with E-state index in [0.717, 1.165) is 48.5 Å². The first-order valence-corrected chi connectivity index (χ1v) is 9.28. The van der Waals surface area contributed by atoms with Gasteiger partial charge in [-0.2, -0.15) is 0 Å². The number of hydrogen-bond acceptors (Lipinski definition) is 3. The molecule has 26 heavy (non-hydrogen) atoms. The lowest BCUT2D eigenvalue weighted by Gasteiger charge is -2.41. The minimum atomic E-state index is -0.537. The smallest absolute Gasteiger partial charge is 0.251 e. The Morgan fingerprint density at radius 1 is 0.808 bits per heavy atom. The molecule has 0 saturated heterocycles. The number of hydrogen-bond donors (Lipinski definition) is 0. The van der Waals surface area contributed by atoms with Crippen LogP contribution in [0.2, 0.25) is 0 Å². The zero-order valence-electron chi connectivity index (χ0n) is 14.8. The summed E-state index contributed by atoms with van der Waals surface area (Å²) in [7, 11) is 0. The molecule has 2 aromatic rings. The molecular weight excluding hydrogens is 322 g/mol. The maximum absolute atomic E-state index is 6.35. The summed E-state index contributed by atoms with van der Waals surface area (Å²) in [5, 5.41) is 0. The highest BCUT2D eigenvalue weighted by Gasteiger charge is 2.40. The number of allylic oxidation sites excluding steroid dienone is 2. The van der Waals surface area contributed by atoms with Crippen LogP contribution in [0.25, 0.3) is 5.76 Å². The van der Waals surface area contributed by atoms with Gasteiger partial charge >= 0.3 is 0 Å². The second kappa shape index (κ2) is 7.61. The Hall–Kier alpha value is -2.81. The zero-order chi connectivity index (χ0) is 17.7. The van der Waals surface area contributed by atoms with E-state index in [1.807, 2.05) is 60.7 Å². The van der Waals surface area contributed by atoms with Crippen molar-refractivity contribution in [3.05, 3.63) is 84.1 Å². The largest absolute Gasteiger partial charge is 0.452 e. The first kappa shape index (κ1) is 16.6. The van der Waals surface area contributed by atoms with Crippen LogP contribution in [0.4, 0.5) is 5.69 Å². The molecule has 3 heteroatoms. The quantitative estimate of drug-likeness (QED) is 0.637. The van der Waals surface area contributed by atoms with Crippen LogP contribution in [0, 0.1) is 0 Å². The highest BCUT2D eigenvalue weighted by molar-refractivity contribution is 5.77. The average Bonchev–Trinajstić information content (AvgIpc) is 2.70. The van der Waals surface area contributed by atoms with Gasteiger partial charge in [0.05, 0.1) is 5.69 Å². The summed E-state index contributed by atoms with van der Waals surface area (Å²) in [6.07, 6.45) is 11.0. The van der Waals surface area contributed by atoms with Crippen LogP contribution >= 0.6 is 0 Å². The number of rotatable bonds is 3. The highest BCUT2D eigenvalue weighted by Crippen LogP contribution is 2.41. The van der Waals surface area contributed by atoms with Crippen molar-refractivity contribution < 1.29 is 9.47 Å². The normalized spacial score (nSPS) is 20.6. The number of nitrogens with zero attached hydrogens (tertiary/aromatic N) is 1. The van der Waals surface area contributed by atoms with E-state index in [0.29, 0.717) is 0 Å². The van der Waals surface area contributed by atoms with Crippen molar-refractivity contribution in [2.24, 2.45) is 4.99 Å². The third-order valence-electron chi connectivity index (χ3n) is 4.77. The van der Waals surface area contributed by atoms with Gasteiger partial charge in [0.1, 0.15) is 11.5 Å². The fraction of sp³-hybridized carbons (Fsp3) is 0.261. The van der Waals surface area contributed by atoms with Gasteiger partial charge in [0.2, 0.25) is 0 Å². The van der Waals surface area contributed by atoms with Crippen molar-refractivity contribution in [2.75, 3.05) is 0 Å². The van der Waals surface area contributed by atoms with Gasteiger partial charge in [-0.1, -0.05) is 55.0 Å². The molecule has 0 unspecified atom stereocenters. The van der Waals surface area contributed by atoms with Gasteiger partial charge in [-0.05, 0) is 31.1 Å². The molecule has 0 atom stereocenters. The summed E-state index contributed by atoms with van der Waals surface area (Å²) in [4.78, 5) is 4.48. The fourth-order valence-corrected chi connectivity index (χ4v) is 3.46. The van der Waals surface area contributed by atoms with Gasteiger partial charge < -0.3 is 9.47 Å². The molecule has 3 nitrogen and oxygen atoms in total. The molecule has 0 aromatic heterocycles. The van der Waals surface area contributed by atoms with Crippen molar-refractivity contribution in [3.63, 3.8) is 0 Å². The van der Waals surface area contributed by atoms with Gasteiger partial charge in [-0.15, -0.1) is 0 Å². The second-order valence-corrected chi connectivity index (χ2v) is 6.73. The Labute approximate surface area is 154 Å². The zero-order valence-corrected chi connectivity index (χ0v) is 14.8. The Morgan fingerprint density at radius 2 is 1.50 bits per heavy atom. The van der Waals surface area contributed by atoms with Crippen LogP contribution in [-0.2, 0) is 9.47 Å². The van der Waals surface area contributed by atoms with Crippen LogP contribution in [0.1, 0.15) is 37.7 Å². The molecule has 0 radical (unpaired) electrons. The topological polar surface area (TPSA) is 30.8 Å². The van der Waals surface area contributed by atoms with E-state index in [1.165, 1.54) is 6.42 Å². The predicted octanol–water partition coefficient (Wildman–Crippen LogP) is 6.02. The molecule has 0 bridgehead atoms. The number of benzene rings is 2. The Kier molecular flexibility index (Phi) is 4.87. The van der Waals surface area contributed by atoms with Gasteiger partial charge in [0, 0.05) is 30.7 Å². The number of aliphatic imine (C=N–C) groups is 1. The Bertz CT molecular complexity index is 816. The third kappa shape index (κ3) is 3.88. The van der Waals surface area contributed by atoms with E-state index >= 15 is 0 Å². The summed E-state index contributed by atoms with van der Waals surface area (Å²) < 4.78 is 12.6. The van der Waals surface area contributed by atoms with Crippen LogP contribution < -0.4 is 0 Å². The van der Waals surface area contributed by atoms with E-state index in [1.54, 1.807) is 6.21 Å². The molecule has 0 amide bonds. The third-order valence-corrected chi connectivity index (χ3v) is 4.77. The summed E-state index contributed by atoms with van der Waals surface area (Å²) in [5.41, 5.74) is 2.00. The van der Waals surface area contributed by atoms with Crippen molar-refractivity contribution in [1.29, 1.82) is 0 Å². The van der Waals surface area contributed by atoms with Crippen LogP contribution in [0.5, 0.6) is 0 Å². The molecule has 132 valence electrons. The molecule has 1 saturated carbocycles. The molecule has 1 aliphatic heterocycles. The Balaban J connectivity index is 1.63. The van der Waals surface area contributed by atoms with Crippen molar-refractivity contribution in [2.45, 2.75) is 37.9 Å². The van der Waals surface area contributed by atoms with Crippen LogP contribution in [0.15, 0.2) is 83.6 Å². The minimum Gasteiger partial charge on any atom is -0.452 e. The SMILES string of the molecule is C(C=C1C=C(c2ccccc2)OC2(CCCCC2)O1)=Nc1ccccc1. The molecule has 2 aliphatic rings. The van der Waals surface area contributed by atoms with Crippen LogP contribution in [-0.4, -0.2) is 12.0 Å². The molecule has 1 fully saturated rings. The first-order chi connectivity index (χ1) is 12.8. The van der Waals surface area contributed by atoms with E-state index in [2.05, 4.69) is 17.1 Å². The number of ether oxygens (including phenoxy) is 2. The fourth-order valence-electron chi connectivity index (χ4n) is 3.46. The lowest BCUT2D eigenvalue weighted by atomic mass is 9.93. The van der Waals surface area contributed by atoms with E-state index in [9.17, 15) is 0 Å². The lowest BCUT2D eigenvalue weighted by molar-refractivity contribution is -0.196. The maximum Gasteiger partial charge on any atom is 0.251 e. The standard InChI is InChI=1S/C23H23NO2/c1-4-10-19(11-5-1)22-18-21(14-17-24-20-12-6-2-7-13-20)25-23(26-22)15-8-3-9-16-23/h1-2,4-7,10-14,17-18H,3,8-9,15-16H2. The minimum absolute atomic E-state index is 0.537. The summed E-state index contributed by atoms with van der Waals surface area (Å²) >= 11 is 0. The molecule has 1 heterocycles. The Morgan fingerprint density at radius 3 is 2.23 bits per heavy atom. The highest BCUT2D eigenvalue weighted by atomic mass is 16.7. The molecule has 4 rings (SSSR count). The van der Waals surface area contributed by atoms with Gasteiger partial charge in [-0.25, -0.2) is 0 Å². The van der Waals surface area contributed by atoms with Gasteiger partial charge in [0.15, 0.2) is 0 Å². The molecule has 2 aromatic carbocycles. The molecular formula is C23H23NO2. The predicted molar refractivity (Wildman–Crippen MR) is 105 cm³/mol. The van der Waals surface area contributed by atoms with Crippen LogP contribution in [0.3, 0.4) is 0 Å². The molecule has 1 spiro atoms. The van der Waals surface area contributed by atoms with Crippen molar-refractivity contribution in [3.8, 4) is 0 Å². The number of para-hydroxylation sites is 1. The first-order valence-electron chi connectivity index (χ1n) is 9.28. The van der Waals surface area contributed by atoms with E-state index in [4.69, 9.17) is 9.47 Å². The lowest BCUT2D eigenvalue weighted by Crippen LogP contribution is -2.39. The van der Waals surface area contributed by atoms with E-state index in [-0.39, 0.29) is 0 Å².